The molecule has 0 spiro atoms. The van der Waals surface area contributed by atoms with Crippen LogP contribution in [0.25, 0.3) is 0 Å². The van der Waals surface area contributed by atoms with Crippen LogP contribution in [0.5, 0.6) is 0 Å². The summed E-state index contributed by atoms with van der Waals surface area (Å²) in [5.41, 5.74) is 2.99. The zero-order valence-electron chi connectivity index (χ0n) is 21.9. The van der Waals surface area contributed by atoms with Crippen molar-refractivity contribution in [3.05, 3.63) is 137 Å². The third kappa shape index (κ3) is 7.95. The fraction of sp³-hybridized carbons (Fsp3) is 0.273. The maximum Gasteiger partial charge on any atom is 0.136 e. The first-order valence-corrected chi connectivity index (χ1v) is 14.5. The minimum Gasteiger partial charge on any atom is -0.368 e. The summed E-state index contributed by atoms with van der Waals surface area (Å²) in [7, 11) is 0. The van der Waals surface area contributed by atoms with E-state index in [-0.39, 0.29) is 29.9 Å². The van der Waals surface area contributed by atoms with Crippen LogP contribution in [0.1, 0.15) is 23.6 Å². The Morgan fingerprint density at radius 1 is 0.590 bits per heavy atom. The van der Waals surface area contributed by atoms with Gasteiger partial charge in [0.05, 0.1) is 25.9 Å². The SMILES string of the molecule is C[C@@H]1OC(Sc2ccc(Cl)cc2)[C@@H](OCc2ccccc2)[C@H](OCc2ccccc2)[C@@H]1OCc1ccccc1. The van der Waals surface area contributed by atoms with Crippen molar-refractivity contribution < 1.29 is 18.9 Å². The number of halogens is 1. The first-order chi connectivity index (χ1) is 19.2. The summed E-state index contributed by atoms with van der Waals surface area (Å²) in [6, 6.07) is 38.4. The van der Waals surface area contributed by atoms with E-state index in [2.05, 4.69) is 43.3 Å². The van der Waals surface area contributed by atoms with E-state index in [1.54, 1.807) is 11.8 Å². The molecule has 1 saturated heterocycles. The summed E-state index contributed by atoms with van der Waals surface area (Å²) in [6.45, 7) is 3.41. The molecular formula is C33H33ClO4S. The van der Waals surface area contributed by atoms with E-state index in [1.807, 2.05) is 78.9 Å². The molecule has 1 heterocycles. The number of thioether (sulfide) groups is 1. The Bertz CT molecular complexity index is 1260. The highest BCUT2D eigenvalue weighted by Crippen LogP contribution is 2.38. The standard InChI is InChI=1S/C33H33ClO4S/c1-24-30(35-21-25-11-5-2-6-12-25)31(36-22-26-13-7-3-8-14-26)32(37-23-27-15-9-4-10-16-27)33(38-24)39-29-19-17-28(34)18-20-29/h2-20,24,30-33H,21-23H2,1H3/t24-,30+,31+,32-,33?/m0/s1. The van der Waals surface area contributed by atoms with Gasteiger partial charge in [0.2, 0.25) is 0 Å². The summed E-state index contributed by atoms with van der Waals surface area (Å²) in [6.07, 6.45) is -1.27. The van der Waals surface area contributed by atoms with E-state index in [0.29, 0.717) is 24.8 Å². The fourth-order valence-corrected chi connectivity index (χ4v) is 5.90. The van der Waals surface area contributed by atoms with Crippen molar-refractivity contribution in [2.45, 2.75) is 61.5 Å². The maximum absolute atomic E-state index is 6.66. The Balaban J connectivity index is 1.42. The lowest BCUT2D eigenvalue weighted by Gasteiger charge is -2.45. The molecule has 1 aliphatic heterocycles. The van der Waals surface area contributed by atoms with Crippen molar-refractivity contribution in [2.24, 2.45) is 0 Å². The molecule has 1 fully saturated rings. The van der Waals surface area contributed by atoms with Crippen molar-refractivity contribution in [2.75, 3.05) is 0 Å². The van der Waals surface area contributed by atoms with E-state index in [1.165, 1.54) is 0 Å². The molecule has 0 N–H and O–H groups in total. The number of rotatable bonds is 11. The van der Waals surface area contributed by atoms with Gasteiger partial charge in [0.1, 0.15) is 23.7 Å². The first-order valence-electron chi connectivity index (χ1n) is 13.2. The highest BCUT2D eigenvalue weighted by molar-refractivity contribution is 7.99. The second kappa shape index (κ2) is 14.1. The third-order valence-corrected chi connectivity index (χ3v) is 8.06. The quantitative estimate of drug-likeness (QED) is 0.186. The molecule has 4 nitrogen and oxygen atoms in total. The molecule has 1 unspecified atom stereocenters. The smallest absolute Gasteiger partial charge is 0.136 e. The lowest BCUT2D eigenvalue weighted by atomic mass is 9.99. The molecule has 0 aliphatic carbocycles. The summed E-state index contributed by atoms with van der Waals surface area (Å²) >= 11 is 7.77. The largest absolute Gasteiger partial charge is 0.368 e. The van der Waals surface area contributed by atoms with Gasteiger partial charge in [0.25, 0.3) is 0 Å². The lowest BCUT2D eigenvalue weighted by Crippen LogP contribution is -2.58. The van der Waals surface area contributed by atoms with Gasteiger partial charge in [0.15, 0.2) is 0 Å². The average molecular weight is 561 g/mol. The Hall–Kier alpha value is -2.64. The van der Waals surface area contributed by atoms with Crippen molar-refractivity contribution in [3.8, 4) is 0 Å². The monoisotopic (exact) mass is 560 g/mol. The van der Waals surface area contributed by atoms with Crippen LogP contribution in [0.15, 0.2) is 120 Å². The van der Waals surface area contributed by atoms with Crippen LogP contribution in [-0.4, -0.2) is 29.9 Å². The second-order valence-corrected chi connectivity index (χ2v) is 11.2. The highest BCUT2D eigenvalue weighted by Gasteiger charge is 2.47. The van der Waals surface area contributed by atoms with Crippen molar-refractivity contribution in [3.63, 3.8) is 0 Å². The molecule has 4 aromatic rings. The molecule has 1 aliphatic rings. The van der Waals surface area contributed by atoms with E-state index in [9.17, 15) is 0 Å². The minimum absolute atomic E-state index is 0.212. The second-order valence-electron chi connectivity index (χ2n) is 9.57. The van der Waals surface area contributed by atoms with Crippen LogP contribution in [0.4, 0.5) is 0 Å². The Kier molecular flexibility index (Phi) is 10.1. The molecule has 0 saturated carbocycles. The number of benzene rings is 4. The van der Waals surface area contributed by atoms with Crippen LogP contribution in [0.2, 0.25) is 5.02 Å². The zero-order valence-corrected chi connectivity index (χ0v) is 23.5. The van der Waals surface area contributed by atoms with E-state index >= 15 is 0 Å². The van der Waals surface area contributed by atoms with E-state index in [0.717, 1.165) is 21.6 Å². The van der Waals surface area contributed by atoms with Gasteiger partial charge in [-0.1, -0.05) is 114 Å². The summed E-state index contributed by atoms with van der Waals surface area (Å²) in [5, 5.41) is 0.701. The van der Waals surface area contributed by atoms with Gasteiger partial charge in [-0.15, -0.1) is 0 Å². The van der Waals surface area contributed by atoms with Crippen molar-refractivity contribution >= 4 is 23.4 Å². The summed E-state index contributed by atoms with van der Waals surface area (Å²) < 4.78 is 26.4. The van der Waals surface area contributed by atoms with Crippen LogP contribution >= 0.6 is 23.4 Å². The predicted molar refractivity (Wildman–Crippen MR) is 157 cm³/mol. The molecule has 6 heteroatoms. The first kappa shape index (κ1) is 27.9. The average Bonchev–Trinajstić information content (AvgIpc) is 2.98. The zero-order chi connectivity index (χ0) is 26.9. The summed E-state index contributed by atoms with van der Waals surface area (Å²) in [5.74, 6) is 0. The van der Waals surface area contributed by atoms with Gasteiger partial charge in [-0.2, -0.15) is 0 Å². The van der Waals surface area contributed by atoms with Crippen LogP contribution < -0.4 is 0 Å². The van der Waals surface area contributed by atoms with Gasteiger partial charge < -0.3 is 18.9 Å². The fourth-order valence-electron chi connectivity index (χ4n) is 4.61. The summed E-state index contributed by atoms with van der Waals surface area (Å²) in [4.78, 5) is 1.05. The lowest BCUT2D eigenvalue weighted by molar-refractivity contribution is -0.242. The van der Waals surface area contributed by atoms with Gasteiger partial charge in [0, 0.05) is 9.92 Å². The van der Waals surface area contributed by atoms with Gasteiger partial charge >= 0.3 is 0 Å². The molecule has 4 aromatic carbocycles. The molecular weight excluding hydrogens is 528 g/mol. The minimum atomic E-state index is -0.383. The Morgan fingerprint density at radius 2 is 1.03 bits per heavy atom. The van der Waals surface area contributed by atoms with Gasteiger partial charge in [-0.3, -0.25) is 0 Å². The molecule has 0 amide bonds. The van der Waals surface area contributed by atoms with E-state index < -0.39 is 0 Å². The molecule has 0 aromatic heterocycles. The predicted octanol–water partition coefficient (Wildman–Crippen LogP) is 7.93. The van der Waals surface area contributed by atoms with Gasteiger partial charge in [-0.05, 0) is 47.9 Å². The highest BCUT2D eigenvalue weighted by atomic mass is 35.5. The Labute approximate surface area is 240 Å². The molecule has 202 valence electrons. The molecule has 0 bridgehead atoms. The maximum atomic E-state index is 6.66. The van der Waals surface area contributed by atoms with E-state index in [4.69, 9.17) is 30.5 Å². The van der Waals surface area contributed by atoms with Crippen LogP contribution in [0.3, 0.4) is 0 Å². The van der Waals surface area contributed by atoms with Gasteiger partial charge in [-0.25, -0.2) is 0 Å². The number of ether oxygens (including phenoxy) is 4. The van der Waals surface area contributed by atoms with Crippen molar-refractivity contribution in [1.29, 1.82) is 0 Å². The van der Waals surface area contributed by atoms with Crippen molar-refractivity contribution in [1.82, 2.24) is 0 Å². The third-order valence-electron chi connectivity index (χ3n) is 6.65. The van der Waals surface area contributed by atoms with Crippen LogP contribution in [-0.2, 0) is 38.8 Å². The van der Waals surface area contributed by atoms with Crippen LogP contribution in [0, 0.1) is 0 Å². The molecule has 0 radical (unpaired) electrons. The topological polar surface area (TPSA) is 36.9 Å². The number of hydrogen-bond acceptors (Lipinski definition) is 5. The molecule has 5 atom stereocenters. The molecule has 39 heavy (non-hydrogen) atoms. The normalized spacial score (nSPS) is 23.0. The Morgan fingerprint density at radius 3 is 1.51 bits per heavy atom. The molecule has 5 rings (SSSR count). The number of hydrogen-bond donors (Lipinski definition) is 0.